The smallest absolute Gasteiger partial charge is 0.216 e. The molecule has 0 saturated heterocycles. The van der Waals surface area contributed by atoms with Gasteiger partial charge in [-0.15, -0.1) is 5.10 Å². The molecule has 0 aliphatic carbocycles. The molecule has 8 heteroatoms. The first-order valence-corrected chi connectivity index (χ1v) is 9.52. The number of hydrogen-bond acceptors (Lipinski definition) is 5. The Labute approximate surface area is 176 Å². The monoisotopic (exact) mass is 429 g/mol. The Morgan fingerprint density at radius 3 is 2.46 bits per heavy atom. The highest BCUT2D eigenvalue weighted by atomic mass is 35.6. The van der Waals surface area contributed by atoms with Crippen LogP contribution in [0.3, 0.4) is 0 Å². The van der Waals surface area contributed by atoms with Crippen molar-refractivity contribution in [1.29, 1.82) is 0 Å². The minimum absolute atomic E-state index is 0.594. The predicted molar refractivity (Wildman–Crippen MR) is 114 cm³/mol. The van der Waals surface area contributed by atoms with Crippen LogP contribution >= 0.6 is 34.8 Å². The van der Waals surface area contributed by atoms with Crippen LogP contribution in [0.25, 0.3) is 22.0 Å². The lowest BCUT2D eigenvalue weighted by Crippen LogP contribution is -2.01. The highest BCUT2D eigenvalue weighted by Crippen LogP contribution is 2.38. The number of fused-ring (bicyclic) bond motifs is 1. The highest BCUT2D eigenvalue weighted by Gasteiger charge is 2.22. The van der Waals surface area contributed by atoms with Crippen molar-refractivity contribution in [3.05, 3.63) is 72.3 Å². The van der Waals surface area contributed by atoms with Crippen molar-refractivity contribution in [2.24, 2.45) is 0 Å². The van der Waals surface area contributed by atoms with E-state index in [-0.39, 0.29) is 0 Å². The molecule has 2 heterocycles. The van der Waals surface area contributed by atoms with Crippen molar-refractivity contribution >= 4 is 57.1 Å². The number of benzene rings is 2. The molecule has 0 amide bonds. The largest absolute Gasteiger partial charge is 0.338 e. The lowest BCUT2D eigenvalue weighted by atomic mass is 10.0. The molecule has 0 fully saturated rings. The topological polar surface area (TPSA) is 63.6 Å². The Hall–Kier alpha value is -2.47. The quantitative estimate of drug-likeness (QED) is 0.406. The van der Waals surface area contributed by atoms with Crippen LogP contribution in [0.1, 0.15) is 11.1 Å². The summed E-state index contributed by atoms with van der Waals surface area (Å²) >= 11 is 17.7. The number of rotatable bonds is 3. The molecule has 28 heavy (non-hydrogen) atoms. The van der Waals surface area contributed by atoms with Gasteiger partial charge in [0.2, 0.25) is 3.79 Å². The van der Waals surface area contributed by atoms with Crippen LogP contribution in [-0.4, -0.2) is 20.2 Å². The van der Waals surface area contributed by atoms with E-state index in [0.29, 0.717) is 11.4 Å². The fourth-order valence-corrected chi connectivity index (χ4v) is 3.29. The average molecular weight is 431 g/mol. The molecule has 1 N–H and O–H groups in total. The molecule has 5 nitrogen and oxygen atoms in total. The summed E-state index contributed by atoms with van der Waals surface area (Å²) < 4.78 is -1.45. The van der Waals surface area contributed by atoms with Crippen LogP contribution in [0, 0.1) is 6.92 Å². The van der Waals surface area contributed by atoms with Gasteiger partial charge in [0.15, 0.2) is 5.82 Å². The fraction of sp³-hybridized carbons (Fsp3) is 0.100. The van der Waals surface area contributed by atoms with Crippen LogP contribution in [0.5, 0.6) is 0 Å². The molecule has 0 saturated carbocycles. The van der Waals surface area contributed by atoms with Crippen molar-refractivity contribution in [2.45, 2.75) is 10.7 Å². The molecule has 0 aliphatic rings. The molecule has 0 radical (unpaired) electrons. The third kappa shape index (κ3) is 3.87. The van der Waals surface area contributed by atoms with Gasteiger partial charge in [-0.2, -0.15) is 5.10 Å². The molecule has 0 unspecified atom stereocenters. The van der Waals surface area contributed by atoms with Crippen molar-refractivity contribution in [1.82, 2.24) is 20.2 Å². The Morgan fingerprint density at radius 2 is 1.75 bits per heavy atom. The van der Waals surface area contributed by atoms with Gasteiger partial charge in [0, 0.05) is 33.8 Å². The summed E-state index contributed by atoms with van der Waals surface area (Å²) in [4.78, 5) is 8.43. The summed E-state index contributed by atoms with van der Waals surface area (Å²) in [5.74, 6) is 0.644. The summed E-state index contributed by atoms with van der Waals surface area (Å²) in [6.07, 6.45) is 5.07. The predicted octanol–water partition coefficient (Wildman–Crippen LogP) is 5.97. The van der Waals surface area contributed by atoms with Crippen LogP contribution in [-0.2, 0) is 3.79 Å². The fourth-order valence-electron chi connectivity index (χ4n) is 2.91. The van der Waals surface area contributed by atoms with E-state index in [1.54, 1.807) is 30.9 Å². The summed E-state index contributed by atoms with van der Waals surface area (Å²) in [6, 6.07) is 13.2. The first-order valence-electron chi connectivity index (χ1n) is 8.38. The molecule has 0 spiro atoms. The number of aryl methyl sites for hydroxylation is 1. The average Bonchev–Trinajstić information content (AvgIpc) is 2.68. The second kappa shape index (κ2) is 7.51. The summed E-state index contributed by atoms with van der Waals surface area (Å²) in [5, 5.41) is 13.5. The number of anilines is 2. The normalized spacial score (nSPS) is 11.6. The van der Waals surface area contributed by atoms with E-state index < -0.39 is 3.79 Å². The van der Waals surface area contributed by atoms with Crippen molar-refractivity contribution in [3.63, 3.8) is 0 Å². The molecule has 2 aromatic carbocycles. The highest BCUT2D eigenvalue weighted by molar-refractivity contribution is 6.66. The molecule has 140 valence electrons. The Kier molecular flexibility index (Phi) is 5.06. The number of alkyl halides is 3. The van der Waals surface area contributed by atoms with Gasteiger partial charge in [0.05, 0.1) is 11.9 Å². The van der Waals surface area contributed by atoms with Gasteiger partial charge in [-0.25, -0.2) is 9.97 Å². The Morgan fingerprint density at radius 1 is 0.964 bits per heavy atom. The standard InChI is InChI=1S/C20H14Cl3N5/c1-12-9-24-11-25-18(12)13-2-7-17-14(8-13)10-26-28-19(17)27-16-5-3-15(4-6-16)20(21,22)23/h2-11H,1H3,(H,27,28). The van der Waals surface area contributed by atoms with Gasteiger partial charge in [0.1, 0.15) is 6.33 Å². The van der Waals surface area contributed by atoms with E-state index in [1.165, 1.54) is 0 Å². The zero-order chi connectivity index (χ0) is 19.7. The van der Waals surface area contributed by atoms with E-state index in [2.05, 4.69) is 25.5 Å². The molecule has 4 aromatic rings. The van der Waals surface area contributed by atoms with Gasteiger partial charge in [0.25, 0.3) is 0 Å². The first-order chi connectivity index (χ1) is 13.4. The van der Waals surface area contributed by atoms with E-state index in [9.17, 15) is 0 Å². The van der Waals surface area contributed by atoms with Crippen molar-refractivity contribution in [2.75, 3.05) is 5.32 Å². The van der Waals surface area contributed by atoms with E-state index in [0.717, 1.165) is 33.3 Å². The molecule has 4 rings (SSSR count). The van der Waals surface area contributed by atoms with Crippen molar-refractivity contribution < 1.29 is 0 Å². The molecular weight excluding hydrogens is 417 g/mol. The number of hydrogen-bond donors (Lipinski definition) is 1. The minimum atomic E-state index is -1.45. The van der Waals surface area contributed by atoms with Gasteiger partial charge in [-0.05, 0) is 36.8 Å². The maximum absolute atomic E-state index is 5.90. The number of aromatic nitrogens is 4. The van der Waals surface area contributed by atoms with Crippen LogP contribution in [0.4, 0.5) is 11.5 Å². The van der Waals surface area contributed by atoms with Gasteiger partial charge in [-0.3, -0.25) is 0 Å². The van der Waals surface area contributed by atoms with Gasteiger partial charge in [-0.1, -0.05) is 53.0 Å². The zero-order valence-corrected chi connectivity index (χ0v) is 17.0. The summed E-state index contributed by atoms with van der Waals surface area (Å²) in [5.41, 5.74) is 4.31. The van der Waals surface area contributed by atoms with Gasteiger partial charge >= 0.3 is 0 Å². The molecule has 0 aliphatic heterocycles. The molecule has 0 atom stereocenters. The maximum atomic E-state index is 5.90. The SMILES string of the molecule is Cc1cncnc1-c1ccc2c(Nc3ccc(C(Cl)(Cl)Cl)cc3)nncc2c1. The lowest BCUT2D eigenvalue weighted by Gasteiger charge is -2.13. The maximum Gasteiger partial charge on any atom is 0.216 e. The Balaban J connectivity index is 1.68. The van der Waals surface area contributed by atoms with Gasteiger partial charge < -0.3 is 5.32 Å². The van der Waals surface area contributed by atoms with Crippen LogP contribution in [0.15, 0.2) is 61.2 Å². The van der Waals surface area contributed by atoms with E-state index >= 15 is 0 Å². The number of halogens is 3. The van der Waals surface area contributed by atoms with Crippen LogP contribution < -0.4 is 5.32 Å². The first kappa shape index (κ1) is 18.9. The minimum Gasteiger partial charge on any atom is -0.338 e. The summed E-state index contributed by atoms with van der Waals surface area (Å²) in [6.45, 7) is 1.98. The zero-order valence-electron chi connectivity index (χ0n) is 14.7. The van der Waals surface area contributed by atoms with Crippen LogP contribution in [0.2, 0.25) is 0 Å². The third-order valence-corrected chi connectivity index (χ3v) is 4.96. The number of nitrogens with one attached hydrogen (secondary N) is 1. The van der Waals surface area contributed by atoms with E-state index in [4.69, 9.17) is 34.8 Å². The second-order valence-electron chi connectivity index (χ2n) is 6.25. The lowest BCUT2D eigenvalue weighted by molar-refractivity contribution is 1.05. The molecule has 0 bridgehead atoms. The Bertz CT molecular complexity index is 1140. The second-order valence-corrected chi connectivity index (χ2v) is 8.53. The third-order valence-electron chi connectivity index (χ3n) is 4.30. The number of nitrogens with zero attached hydrogens (tertiary/aromatic N) is 4. The molecular formula is C20H14Cl3N5. The molecule has 2 aromatic heterocycles. The summed E-state index contributed by atoms with van der Waals surface area (Å²) in [7, 11) is 0. The van der Waals surface area contributed by atoms with E-state index in [1.807, 2.05) is 37.3 Å². The van der Waals surface area contributed by atoms with Crippen molar-refractivity contribution in [3.8, 4) is 11.3 Å².